The lowest BCUT2D eigenvalue weighted by Crippen LogP contribution is -2.22. The van der Waals surface area contributed by atoms with E-state index in [9.17, 15) is 4.79 Å². The van der Waals surface area contributed by atoms with Crippen LogP contribution in [0.5, 0.6) is 0 Å². The van der Waals surface area contributed by atoms with E-state index in [0.717, 1.165) is 18.5 Å². The first-order valence-corrected chi connectivity index (χ1v) is 6.94. The van der Waals surface area contributed by atoms with Crippen LogP contribution in [0.15, 0.2) is 48.8 Å². The fourth-order valence-corrected chi connectivity index (χ4v) is 2.09. The Kier molecular flexibility index (Phi) is 5.29. The number of amides is 2. The van der Waals surface area contributed by atoms with Crippen LogP contribution in [0.3, 0.4) is 0 Å². The number of nitrogens with zero attached hydrogens (tertiary/aromatic N) is 1. The number of aromatic nitrogens is 1. The molecular weight excluding hydrogens is 264 g/mol. The number of urea groups is 1. The molecule has 110 valence electrons. The number of anilines is 1. The third kappa shape index (κ3) is 4.89. The minimum absolute atomic E-state index is 0.240. The Hall–Kier alpha value is -2.40. The summed E-state index contributed by atoms with van der Waals surface area (Å²) in [6, 6.07) is 11.4. The van der Waals surface area contributed by atoms with Gasteiger partial charge in [-0.3, -0.25) is 4.98 Å². The quantitative estimate of drug-likeness (QED) is 0.762. The molecular formula is C16H20N4O. The predicted octanol–water partition coefficient (Wildman–Crippen LogP) is 2.47. The van der Waals surface area contributed by atoms with Gasteiger partial charge < -0.3 is 16.4 Å². The van der Waals surface area contributed by atoms with Crippen molar-refractivity contribution in [2.75, 3.05) is 11.9 Å². The number of hydrogen-bond donors (Lipinski definition) is 3. The van der Waals surface area contributed by atoms with Gasteiger partial charge in [0.15, 0.2) is 0 Å². The van der Waals surface area contributed by atoms with Crippen LogP contribution in [0, 0.1) is 0 Å². The molecule has 1 heterocycles. The molecule has 0 fully saturated rings. The maximum Gasteiger partial charge on any atom is 0.316 e. The van der Waals surface area contributed by atoms with E-state index in [0.29, 0.717) is 5.69 Å². The van der Waals surface area contributed by atoms with Crippen LogP contribution in [-0.2, 0) is 6.42 Å². The minimum Gasteiger partial charge on any atom is -0.351 e. The van der Waals surface area contributed by atoms with E-state index in [4.69, 9.17) is 5.73 Å². The van der Waals surface area contributed by atoms with Gasteiger partial charge in [0.2, 0.25) is 0 Å². The topological polar surface area (TPSA) is 80.0 Å². The number of carbonyl (C=O) groups excluding carboxylic acids is 1. The summed E-state index contributed by atoms with van der Waals surface area (Å²) in [5.74, 6) is 0. The maximum absolute atomic E-state index is 10.8. The molecule has 5 nitrogen and oxygen atoms in total. The molecule has 5 heteroatoms. The van der Waals surface area contributed by atoms with E-state index in [2.05, 4.69) is 28.6 Å². The van der Waals surface area contributed by atoms with E-state index in [1.165, 1.54) is 5.56 Å². The zero-order chi connectivity index (χ0) is 15.1. The summed E-state index contributed by atoms with van der Waals surface area (Å²) in [5, 5.41) is 6.01. The Labute approximate surface area is 124 Å². The van der Waals surface area contributed by atoms with Gasteiger partial charge in [0.1, 0.15) is 0 Å². The summed E-state index contributed by atoms with van der Waals surface area (Å²) >= 11 is 0. The highest BCUT2D eigenvalue weighted by molar-refractivity contribution is 5.87. The van der Waals surface area contributed by atoms with Crippen LogP contribution in [0.2, 0.25) is 0 Å². The van der Waals surface area contributed by atoms with Crippen LogP contribution in [0.25, 0.3) is 0 Å². The lowest BCUT2D eigenvalue weighted by atomic mass is 10.1. The SMILES string of the molecule is CC(NCCc1cccnc1)c1ccc(NC(N)=O)cc1. The molecule has 0 spiro atoms. The monoisotopic (exact) mass is 284 g/mol. The third-order valence-corrected chi connectivity index (χ3v) is 3.27. The van der Waals surface area contributed by atoms with Gasteiger partial charge in [-0.1, -0.05) is 18.2 Å². The van der Waals surface area contributed by atoms with Crippen molar-refractivity contribution >= 4 is 11.7 Å². The average Bonchev–Trinajstić information content (AvgIpc) is 2.48. The van der Waals surface area contributed by atoms with Gasteiger partial charge in [0.25, 0.3) is 0 Å². The van der Waals surface area contributed by atoms with Crippen molar-refractivity contribution in [3.8, 4) is 0 Å². The number of benzene rings is 1. The number of nitrogens with one attached hydrogen (secondary N) is 2. The summed E-state index contributed by atoms with van der Waals surface area (Å²) in [6.45, 7) is 2.99. The molecule has 1 aromatic heterocycles. The van der Waals surface area contributed by atoms with Gasteiger partial charge >= 0.3 is 6.03 Å². The fourth-order valence-electron chi connectivity index (χ4n) is 2.09. The number of carbonyl (C=O) groups is 1. The standard InChI is InChI=1S/C16H20N4O/c1-12(19-10-8-13-3-2-9-18-11-13)14-4-6-15(7-5-14)20-16(17)21/h2-7,9,11-12,19H,8,10H2,1H3,(H3,17,20,21). The molecule has 1 unspecified atom stereocenters. The zero-order valence-corrected chi connectivity index (χ0v) is 12.0. The molecule has 0 saturated heterocycles. The Balaban J connectivity index is 1.82. The molecule has 0 aliphatic rings. The molecule has 2 aromatic rings. The smallest absolute Gasteiger partial charge is 0.316 e. The molecule has 4 N–H and O–H groups in total. The van der Waals surface area contributed by atoms with E-state index in [1.54, 1.807) is 6.20 Å². The first-order chi connectivity index (χ1) is 10.1. The number of nitrogens with two attached hydrogens (primary N) is 1. The molecule has 0 bridgehead atoms. The van der Waals surface area contributed by atoms with Crippen molar-refractivity contribution in [3.05, 3.63) is 59.9 Å². The van der Waals surface area contributed by atoms with Crippen molar-refractivity contribution in [2.24, 2.45) is 5.73 Å². The summed E-state index contributed by atoms with van der Waals surface area (Å²) in [4.78, 5) is 14.9. The van der Waals surface area contributed by atoms with Gasteiger partial charge in [-0.2, -0.15) is 0 Å². The molecule has 0 aliphatic heterocycles. The minimum atomic E-state index is -0.551. The molecule has 0 saturated carbocycles. The van der Waals surface area contributed by atoms with Crippen molar-refractivity contribution in [2.45, 2.75) is 19.4 Å². The number of pyridine rings is 1. The van der Waals surface area contributed by atoms with Crippen molar-refractivity contribution in [3.63, 3.8) is 0 Å². The van der Waals surface area contributed by atoms with Crippen LogP contribution in [-0.4, -0.2) is 17.6 Å². The summed E-state index contributed by atoms with van der Waals surface area (Å²) < 4.78 is 0. The number of rotatable bonds is 6. The molecule has 1 aromatic carbocycles. The summed E-state index contributed by atoms with van der Waals surface area (Å²) in [6.07, 6.45) is 4.61. The second kappa shape index (κ2) is 7.40. The third-order valence-electron chi connectivity index (χ3n) is 3.27. The number of primary amides is 1. The largest absolute Gasteiger partial charge is 0.351 e. The average molecular weight is 284 g/mol. The number of hydrogen-bond acceptors (Lipinski definition) is 3. The van der Waals surface area contributed by atoms with Crippen molar-refractivity contribution < 1.29 is 4.79 Å². The first kappa shape index (κ1) is 15.0. The predicted molar refractivity (Wildman–Crippen MR) is 84.0 cm³/mol. The van der Waals surface area contributed by atoms with Gasteiger partial charge in [0, 0.05) is 24.1 Å². The van der Waals surface area contributed by atoms with Gasteiger partial charge in [-0.15, -0.1) is 0 Å². The fraction of sp³-hybridized carbons (Fsp3) is 0.250. The molecule has 1 atom stereocenters. The molecule has 0 aliphatic carbocycles. The van der Waals surface area contributed by atoms with Crippen LogP contribution in [0.1, 0.15) is 24.1 Å². The van der Waals surface area contributed by atoms with Crippen molar-refractivity contribution in [1.29, 1.82) is 0 Å². The Morgan fingerprint density at radius 2 is 2.05 bits per heavy atom. The highest BCUT2D eigenvalue weighted by Crippen LogP contribution is 2.15. The highest BCUT2D eigenvalue weighted by Gasteiger charge is 2.05. The van der Waals surface area contributed by atoms with Gasteiger partial charge in [-0.05, 0) is 49.2 Å². The highest BCUT2D eigenvalue weighted by atomic mass is 16.2. The van der Waals surface area contributed by atoms with Crippen molar-refractivity contribution in [1.82, 2.24) is 10.3 Å². The lowest BCUT2D eigenvalue weighted by Gasteiger charge is -2.14. The lowest BCUT2D eigenvalue weighted by molar-refractivity contribution is 0.259. The Bertz CT molecular complexity index is 569. The van der Waals surface area contributed by atoms with Gasteiger partial charge in [-0.25, -0.2) is 4.79 Å². The normalized spacial score (nSPS) is 11.9. The molecule has 0 radical (unpaired) electrons. The molecule has 21 heavy (non-hydrogen) atoms. The zero-order valence-electron chi connectivity index (χ0n) is 12.0. The molecule has 2 amide bonds. The second-order valence-electron chi connectivity index (χ2n) is 4.90. The van der Waals surface area contributed by atoms with E-state index < -0.39 is 6.03 Å². The van der Waals surface area contributed by atoms with Crippen LogP contribution >= 0.6 is 0 Å². The van der Waals surface area contributed by atoms with E-state index >= 15 is 0 Å². The first-order valence-electron chi connectivity index (χ1n) is 6.94. The maximum atomic E-state index is 10.8. The Morgan fingerprint density at radius 3 is 2.67 bits per heavy atom. The van der Waals surface area contributed by atoms with E-state index in [-0.39, 0.29) is 6.04 Å². The van der Waals surface area contributed by atoms with E-state index in [1.807, 2.05) is 36.5 Å². The molecule has 2 rings (SSSR count). The Morgan fingerprint density at radius 1 is 1.29 bits per heavy atom. The van der Waals surface area contributed by atoms with Crippen LogP contribution in [0.4, 0.5) is 10.5 Å². The van der Waals surface area contributed by atoms with Gasteiger partial charge in [0.05, 0.1) is 0 Å². The summed E-state index contributed by atoms with van der Waals surface area (Å²) in [7, 11) is 0. The van der Waals surface area contributed by atoms with Crippen LogP contribution < -0.4 is 16.4 Å². The summed E-state index contributed by atoms with van der Waals surface area (Å²) in [5.41, 5.74) is 8.16. The second-order valence-corrected chi connectivity index (χ2v) is 4.90.